The highest BCUT2D eigenvalue weighted by Crippen LogP contribution is 2.14. The molecule has 0 amide bonds. The number of rotatable bonds is 5. The summed E-state index contributed by atoms with van der Waals surface area (Å²) in [6, 6.07) is 12.8. The van der Waals surface area contributed by atoms with E-state index in [9.17, 15) is 5.11 Å². The molecule has 1 aliphatic heterocycles. The first-order chi connectivity index (χ1) is 11.1. The number of benzene rings is 1. The van der Waals surface area contributed by atoms with Gasteiger partial charge in [-0.25, -0.2) is 4.68 Å². The van der Waals surface area contributed by atoms with Gasteiger partial charge in [0.05, 0.1) is 17.5 Å². The van der Waals surface area contributed by atoms with E-state index in [1.807, 2.05) is 36.0 Å². The normalized spacial score (nSPS) is 21.4. The van der Waals surface area contributed by atoms with Crippen LogP contribution in [0.3, 0.4) is 0 Å². The van der Waals surface area contributed by atoms with Crippen LogP contribution in [0.25, 0.3) is 5.69 Å². The molecule has 124 valence electrons. The second kappa shape index (κ2) is 7.25. The van der Waals surface area contributed by atoms with Gasteiger partial charge >= 0.3 is 0 Å². The molecule has 1 aromatic heterocycles. The Morgan fingerprint density at radius 2 is 2.00 bits per heavy atom. The number of aliphatic hydroxyl groups excluding tert-OH is 1. The van der Waals surface area contributed by atoms with Crippen molar-refractivity contribution < 1.29 is 5.11 Å². The number of nitrogens with zero attached hydrogens (tertiary/aromatic N) is 4. The molecule has 0 spiro atoms. The maximum Gasteiger partial charge on any atom is 0.0769 e. The standard InChI is InChI=1S/C18H26N4O/c1-15-12-20(10-11-21(15)13-16(2)23)14-17-8-9-22(19-17)18-6-4-3-5-7-18/h3-9,15-16,23H,10-14H2,1-2H3/t15-,16+/m0/s1. The van der Waals surface area contributed by atoms with Gasteiger partial charge in [0.25, 0.3) is 0 Å². The van der Waals surface area contributed by atoms with Crippen molar-refractivity contribution in [1.29, 1.82) is 0 Å². The predicted octanol–water partition coefficient (Wildman–Crippen LogP) is 1.76. The number of piperazine rings is 1. The van der Waals surface area contributed by atoms with Gasteiger partial charge in [-0.15, -0.1) is 0 Å². The number of β-amino-alcohol motifs (C(OH)–C–C–N with tert-alkyl or cyclic N) is 1. The fraction of sp³-hybridized carbons (Fsp3) is 0.500. The summed E-state index contributed by atoms with van der Waals surface area (Å²) >= 11 is 0. The van der Waals surface area contributed by atoms with Gasteiger partial charge in [0, 0.05) is 45.0 Å². The molecule has 0 bridgehead atoms. The van der Waals surface area contributed by atoms with Gasteiger partial charge in [-0.05, 0) is 32.0 Å². The lowest BCUT2D eigenvalue weighted by molar-refractivity contribution is 0.0418. The van der Waals surface area contributed by atoms with Crippen molar-refractivity contribution >= 4 is 0 Å². The third-order valence-electron chi connectivity index (χ3n) is 4.40. The molecule has 3 rings (SSSR count). The Balaban J connectivity index is 1.58. The topological polar surface area (TPSA) is 44.5 Å². The third kappa shape index (κ3) is 4.19. The number of hydrogen-bond acceptors (Lipinski definition) is 4. The second-order valence-electron chi connectivity index (χ2n) is 6.52. The van der Waals surface area contributed by atoms with Crippen LogP contribution in [-0.4, -0.2) is 63.0 Å². The van der Waals surface area contributed by atoms with Crippen LogP contribution in [0.5, 0.6) is 0 Å². The van der Waals surface area contributed by atoms with Crippen molar-refractivity contribution in [2.75, 3.05) is 26.2 Å². The van der Waals surface area contributed by atoms with Gasteiger partial charge < -0.3 is 5.11 Å². The first kappa shape index (κ1) is 16.2. The van der Waals surface area contributed by atoms with E-state index in [2.05, 4.69) is 40.0 Å². The third-order valence-corrected chi connectivity index (χ3v) is 4.40. The van der Waals surface area contributed by atoms with E-state index in [1.165, 1.54) is 0 Å². The first-order valence-corrected chi connectivity index (χ1v) is 8.36. The lowest BCUT2D eigenvalue weighted by Crippen LogP contribution is -2.53. The number of para-hydroxylation sites is 1. The van der Waals surface area contributed by atoms with Crippen molar-refractivity contribution in [2.24, 2.45) is 0 Å². The molecule has 0 radical (unpaired) electrons. The predicted molar refractivity (Wildman–Crippen MR) is 91.6 cm³/mol. The summed E-state index contributed by atoms with van der Waals surface area (Å²) in [4.78, 5) is 4.81. The molecule has 1 aromatic carbocycles. The number of aromatic nitrogens is 2. The summed E-state index contributed by atoms with van der Waals surface area (Å²) in [5, 5.41) is 14.3. The maximum atomic E-state index is 9.57. The molecule has 5 nitrogen and oxygen atoms in total. The molecule has 0 unspecified atom stereocenters. The number of aliphatic hydroxyl groups is 1. The van der Waals surface area contributed by atoms with Gasteiger partial charge in [-0.3, -0.25) is 9.80 Å². The Bertz CT molecular complexity index is 610. The van der Waals surface area contributed by atoms with E-state index >= 15 is 0 Å². The SMILES string of the molecule is C[C@@H](O)CN1CCN(Cc2ccn(-c3ccccc3)n2)C[C@@H]1C. The minimum absolute atomic E-state index is 0.259. The van der Waals surface area contributed by atoms with Crippen molar-refractivity contribution in [3.63, 3.8) is 0 Å². The fourth-order valence-corrected chi connectivity index (χ4v) is 3.22. The Hall–Kier alpha value is -1.69. The maximum absolute atomic E-state index is 9.57. The van der Waals surface area contributed by atoms with Gasteiger partial charge in [-0.2, -0.15) is 5.10 Å². The molecular formula is C18H26N4O. The molecule has 1 fully saturated rings. The Labute approximate surface area is 138 Å². The molecule has 5 heteroatoms. The van der Waals surface area contributed by atoms with Crippen LogP contribution in [0, 0.1) is 0 Å². The van der Waals surface area contributed by atoms with Gasteiger partial charge in [0.2, 0.25) is 0 Å². The average Bonchev–Trinajstić information content (AvgIpc) is 2.99. The summed E-state index contributed by atoms with van der Waals surface area (Å²) < 4.78 is 1.93. The zero-order valence-electron chi connectivity index (χ0n) is 14.0. The summed E-state index contributed by atoms with van der Waals surface area (Å²) in [6.07, 6.45) is 1.77. The second-order valence-corrected chi connectivity index (χ2v) is 6.52. The molecule has 2 heterocycles. The molecule has 1 saturated heterocycles. The molecule has 2 aromatic rings. The Kier molecular flexibility index (Phi) is 5.10. The monoisotopic (exact) mass is 314 g/mol. The Morgan fingerprint density at radius 3 is 2.70 bits per heavy atom. The highest BCUT2D eigenvalue weighted by atomic mass is 16.3. The van der Waals surface area contributed by atoms with Crippen LogP contribution in [0.4, 0.5) is 0 Å². The van der Waals surface area contributed by atoms with E-state index in [0.717, 1.165) is 44.1 Å². The van der Waals surface area contributed by atoms with Crippen LogP contribution in [0.2, 0.25) is 0 Å². The first-order valence-electron chi connectivity index (χ1n) is 8.36. The molecule has 23 heavy (non-hydrogen) atoms. The van der Waals surface area contributed by atoms with E-state index in [4.69, 9.17) is 0 Å². The average molecular weight is 314 g/mol. The lowest BCUT2D eigenvalue weighted by atomic mass is 10.1. The summed E-state index contributed by atoms with van der Waals surface area (Å²) in [5.41, 5.74) is 2.19. The van der Waals surface area contributed by atoms with E-state index in [1.54, 1.807) is 0 Å². The number of hydrogen-bond donors (Lipinski definition) is 1. The van der Waals surface area contributed by atoms with Gasteiger partial charge in [0.1, 0.15) is 0 Å². The zero-order valence-corrected chi connectivity index (χ0v) is 14.0. The summed E-state index contributed by atoms with van der Waals surface area (Å²) in [6.45, 7) is 8.78. The van der Waals surface area contributed by atoms with E-state index < -0.39 is 0 Å². The van der Waals surface area contributed by atoms with E-state index in [0.29, 0.717) is 6.04 Å². The van der Waals surface area contributed by atoms with Crippen LogP contribution < -0.4 is 0 Å². The van der Waals surface area contributed by atoms with Gasteiger partial charge in [-0.1, -0.05) is 18.2 Å². The van der Waals surface area contributed by atoms with Crippen molar-refractivity contribution in [3.05, 3.63) is 48.3 Å². The summed E-state index contributed by atoms with van der Waals surface area (Å²) in [5.74, 6) is 0. The van der Waals surface area contributed by atoms with Crippen LogP contribution in [0.1, 0.15) is 19.5 Å². The minimum Gasteiger partial charge on any atom is -0.392 e. The molecule has 0 saturated carbocycles. The molecular weight excluding hydrogens is 288 g/mol. The highest BCUT2D eigenvalue weighted by Gasteiger charge is 2.24. The van der Waals surface area contributed by atoms with E-state index in [-0.39, 0.29) is 6.10 Å². The van der Waals surface area contributed by atoms with Crippen molar-refractivity contribution in [3.8, 4) is 5.69 Å². The smallest absolute Gasteiger partial charge is 0.0769 e. The minimum atomic E-state index is -0.259. The zero-order chi connectivity index (χ0) is 16.2. The summed E-state index contributed by atoms with van der Waals surface area (Å²) in [7, 11) is 0. The van der Waals surface area contributed by atoms with Crippen molar-refractivity contribution in [2.45, 2.75) is 32.5 Å². The molecule has 1 aliphatic rings. The Morgan fingerprint density at radius 1 is 1.22 bits per heavy atom. The van der Waals surface area contributed by atoms with Crippen LogP contribution >= 0.6 is 0 Å². The van der Waals surface area contributed by atoms with Crippen LogP contribution in [-0.2, 0) is 6.54 Å². The van der Waals surface area contributed by atoms with Gasteiger partial charge in [0.15, 0.2) is 0 Å². The molecule has 0 aliphatic carbocycles. The quantitative estimate of drug-likeness (QED) is 0.913. The largest absolute Gasteiger partial charge is 0.392 e. The lowest BCUT2D eigenvalue weighted by Gasteiger charge is -2.40. The molecule has 1 N–H and O–H groups in total. The van der Waals surface area contributed by atoms with Crippen molar-refractivity contribution in [1.82, 2.24) is 19.6 Å². The fourth-order valence-electron chi connectivity index (χ4n) is 3.22. The van der Waals surface area contributed by atoms with Crippen LogP contribution in [0.15, 0.2) is 42.6 Å². The molecule has 2 atom stereocenters. The highest BCUT2D eigenvalue weighted by molar-refractivity contribution is 5.30.